The van der Waals surface area contributed by atoms with Crippen molar-refractivity contribution in [2.45, 2.75) is 32.7 Å². The van der Waals surface area contributed by atoms with Gasteiger partial charge in [0.25, 0.3) is 0 Å². The van der Waals surface area contributed by atoms with Gasteiger partial charge < -0.3 is 5.32 Å². The average molecular weight is 369 g/mol. The second-order valence-electron chi connectivity index (χ2n) is 6.31. The molecular formula is C16H18BrFN2S. The molecule has 1 aliphatic rings. The SMILES string of the molecule is CNC1CC(C)(C)Cc2nc(-c3c(F)cccc3Br)sc21. The third-order valence-electron chi connectivity index (χ3n) is 3.97. The number of nitrogens with one attached hydrogen (secondary N) is 1. The number of thiazole rings is 1. The summed E-state index contributed by atoms with van der Waals surface area (Å²) in [6.07, 6.45) is 2.03. The molecule has 1 N–H and O–H groups in total. The van der Waals surface area contributed by atoms with Crippen molar-refractivity contribution in [2.75, 3.05) is 7.05 Å². The predicted molar refractivity (Wildman–Crippen MR) is 89.1 cm³/mol. The average Bonchev–Trinajstić information content (AvgIpc) is 2.79. The third kappa shape index (κ3) is 2.79. The van der Waals surface area contributed by atoms with E-state index in [4.69, 9.17) is 4.98 Å². The lowest BCUT2D eigenvalue weighted by Crippen LogP contribution is -2.30. The van der Waals surface area contributed by atoms with Crippen LogP contribution in [0.4, 0.5) is 4.39 Å². The first-order chi connectivity index (χ1) is 9.91. The zero-order valence-corrected chi connectivity index (χ0v) is 14.7. The van der Waals surface area contributed by atoms with Crippen LogP contribution in [0.5, 0.6) is 0 Å². The van der Waals surface area contributed by atoms with Gasteiger partial charge in [-0.1, -0.05) is 19.9 Å². The van der Waals surface area contributed by atoms with Gasteiger partial charge in [-0.05, 0) is 53.4 Å². The molecule has 2 nitrogen and oxygen atoms in total. The van der Waals surface area contributed by atoms with Crippen molar-refractivity contribution < 1.29 is 4.39 Å². The Labute approximate surface area is 136 Å². The fraction of sp³-hybridized carbons (Fsp3) is 0.438. The van der Waals surface area contributed by atoms with Crippen LogP contribution in [0.3, 0.4) is 0 Å². The minimum absolute atomic E-state index is 0.221. The lowest BCUT2D eigenvalue weighted by molar-refractivity contribution is 0.265. The first-order valence-corrected chi connectivity index (χ1v) is 8.63. The van der Waals surface area contributed by atoms with Crippen molar-refractivity contribution in [1.82, 2.24) is 10.3 Å². The summed E-state index contributed by atoms with van der Waals surface area (Å²) in [5.74, 6) is -0.226. The molecule has 0 saturated heterocycles. The van der Waals surface area contributed by atoms with Gasteiger partial charge >= 0.3 is 0 Å². The van der Waals surface area contributed by atoms with Crippen LogP contribution in [0.1, 0.15) is 36.9 Å². The number of fused-ring (bicyclic) bond motifs is 1. The standard InChI is InChI=1S/C16H18BrFN2S/c1-16(2)7-11(19-3)14-12(8-16)20-15(21-14)13-9(17)5-4-6-10(13)18/h4-6,11,19H,7-8H2,1-3H3. The molecule has 0 saturated carbocycles. The van der Waals surface area contributed by atoms with E-state index in [1.807, 2.05) is 13.1 Å². The molecular weight excluding hydrogens is 351 g/mol. The van der Waals surface area contributed by atoms with Crippen LogP contribution in [0, 0.1) is 11.2 Å². The zero-order valence-electron chi connectivity index (χ0n) is 12.3. The van der Waals surface area contributed by atoms with Gasteiger partial charge in [0.2, 0.25) is 0 Å². The van der Waals surface area contributed by atoms with Crippen LogP contribution in [0.2, 0.25) is 0 Å². The van der Waals surface area contributed by atoms with E-state index in [9.17, 15) is 4.39 Å². The highest BCUT2D eigenvalue weighted by atomic mass is 79.9. The van der Waals surface area contributed by atoms with Crippen molar-refractivity contribution in [3.8, 4) is 10.6 Å². The number of hydrogen-bond donors (Lipinski definition) is 1. The normalized spacial score (nSPS) is 20.3. The predicted octanol–water partition coefficient (Wildman–Crippen LogP) is 4.94. The Morgan fingerprint density at radius 2 is 2.19 bits per heavy atom. The summed E-state index contributed by atoms with van der Waals surface area (Å²) in [5.41, 5.74) is 1.91. The Hall–Kier alpha value is -0.780. The Morgan fingerprint density at radius 1 is 1.43 bits per heavy atom. The van der Waals surface area contributed by atoms with Gasteiger partial charge in [0.15, 0.2) is 0 Å². The van der Waals surface area contributed by atoms with E-state index in [1.54, 1.807) is 17.4 Å². The van der Waals surface area contributed by atoms with Gasteiger partial charge in [-0.25, -0.2) is 9.37 Å². The summed E-state index contributed by atoms with van der Waals surface area (Å²) < 4.78 is 14.9. The zero-order chi connectivity index (χ0) is 15.2. The van der Waals surface area contributed by atoms with Crippen molar-refractivity contribution in [3.63, 3.8) is 0 Å². The summed E-state index contributed by atoms with van der Waals surface area (Å²) in [6, 6.07) is 5.36. The fourth-order valence-electron chi connectivity index (χ4n) is 2.98. The van der Waals surface area contributed by atoms with Crippen LogP contribution in [-0.4, -0.2) is 12.0 Å². The van der Waals surface area contributed by atoms with E-state index in [1.165, 1.54) is 10.9 Å². The van der Waals surface area contributed by atoms with E-state index in [0.717, 1.165) is 28.0 Å². The molecule has 5 heteroatoms. The van der Waals surface area contributed by atoms with Crippen LogP contribution in [-0.2, 0) is 6.42 Å². The maximum Gasteiger partial charge on any atom is 0.134 e. The molecule has 1 heterocycles. The number of rotatable bonds is 2. The molecule has 1 aromatic carbocycles. The number of halogens is 2. The first-order valence-electron chi connectivity index (χ1n) is 7.02. The molecule has 21 heavy (non-hydrogen) atoms. The molecule has 3 rings (SSSR count). The second-order valence-corrected chi connectivity index (χ2v) is 8.20. The minimum atomic E-state index is -0.226. The number of hydrogen-bond acceptors (Lipinski definition) is 3. The molecule has 0 amide bonds. The summed E-state index contributed by atoms with van der Waals surface area (Å²) in [7, 11) is 1.98. The monoisotopic (exact) mass is 368 g/mol. The van der Waals surface area contributed by atoms with Crippen molar-refractivity contribution in [1.29, 1.82) is 0 Å². The van der Waals surface area contributed by atoms with Crippen LogP contribution in [0.25, 0.3) is 10.6 Å². The van der Waals surface area contributed by atoms with Crippen LogP contribution < -0.4 is 5.32 Å². The molecule has 1 unspecified atom stereocenters. The molecule has 1 atom stereocenters. The Balaban J connectivity index is 2.11. The lowest BCUT2D eigenvalue weighted by atomic mass is 9.76. The Morgan fingerprint density at radius 3 is 2.86 bits per heavy atom. The smallest absolute Gasteiger partial charge is 0.134 e. The highest BCUT2D eigenvalue weighted by molar-refractivity contribution is 9.10. The maximum atomic E-state index is 14.2. The van der Waals surface area contributed by atoms with E-state index in [0.29, 0.717) is 11.6 Å². The van der Waals surface area contributed by atoms with Gasteiger partial charge in [-0.2, -0.15) is 0 Å². The quantitative estimate of drug-likeness (QED) is 0.811. The largest absolute Gasteiger partial charge is 0.312 e. The topological polar surface area (TPSA) is 24.9 Å². The maximum absolute atomic E-state index is 14.2. The fourth-order valence-corrected chi connectivity index (χ4v) is 4.89. The van der Waals surface area contributed by atoms with E-state index in [2.05, 4.69) is 35.1 Å². The van der Waals surface area contributed by atoms with E-state index < -0.39 is 0 Å². The Bertz CT molecular complexity index is 661. The Kier molecular flexibility index (Phi) is 3.93. The number of aromatic nitrogens is 1. The van der Waals surface area contributed by atoms with Gasteiger partial charge in [-0.3, -0.25) is 0 Å². The van der Waals surface area contributed by atoms with Crippen molar-refractivity contribution >= 4 is 27.3 Å². The number of benzene rings is 1. The highest BCUT2D eigenvalue weighted by Crippen LogP contribution is 2.45. The van der Waals surface area contributed by atoms with E-state index >= 15 is 0 Å². The number of nitrogens with zero attached hydrogens (tertiary/aromatic N) is 1. The highest BCUT2D eigenvalue weighted by Gasteiger charge is 2.34. The third-order valence-corrected chi connectivity index (χ3v) is 5.86. The summed E-state index contributed by atoms with van der Waals surface area (Å²) >= 11 is 5.05. The summed E-state index contributed by atoms with van der Waals surface area (Å²) in [4.78, 5) is 6.00. The molecule has 0 bridgehead atoms. The minimum Gasteiger partial charge on any atom is -0.312 e. The molecule has 0 fully saturated rings. The lowest BCUT2D eigenvalue weighted by Gasteiger charge is -2.34. The molecule has 1 aromatic heterocycles. The van der Waals surface area contributed by atoms with Gasteiger partial charge in [0.05, 0.1) is 11.3 Å². The van der Waals surface area contributed by atoms with Gasteiger partial charge in [-0.15, -0.1) is 11.3 Å². The molecule has 0 radical (unpaired) electrons. The van der Waals surface area contributed by atoms with Crippen molar-refractivity contribution in [2.24, 2.45) is 5.41 Å². The molecule has 112 valence electrons. The van der Waals surface area contributed by atoms with Gasteiger partial charge in [0, 0.05) is 15.4 Å². The summed E-state index contributed by atoms with van der Waals surface area (Å²) in [6.45, 7) is 4.52. The van der Waals surface area contributed by atoms with Gasteiger partial charge in [0.1, 0.15) is 10.8 Å². The van der Waals surface area contributed by atoms with Crippen LogP contribution >= 0.6 is 27.3 Å². The molecule has 1 aliphatic carbocycles. The molecule has 0 aliphatic heterocycles. The van der Waals surface area contributed by atoms with E-state index in [-0.39, 0.29) is 11.2 Å². The van der Waals surface area contributed by atoms with Crippen LogP contribution in [0.15, 0.2) is 22.7 Å². The second kappa shape index (κ2) is 5.45. The van der Waals surface area contributed by atoms with Crippen molar-refractivity contribution in [3.05, 3.63) is 39.1 Å². The first kappa shape index (κ1) is 15.1. The molecule has 2 aromatic rings. The molecule has 0 spiro atoms. The summed E-state index contributed by atoms with van der Waals surface area (Å²) in [5, 5.41) is 4.14.